The van der Waals surface area contributed by atoms with Crippen LogP contribution in [0.25, 0.3) is 0 Å². The largest absolute Gasteiger partial charge is 0.481 e. The second kappa shape index (κ2) is 22.8. The molecule has 0 amide bonds. The molecule has 6 nitrogen and oxygen atoms in total. The van der Waals surface area contributed by atoms with Crippen LogP contribution >= 0.6 is 0 Å². The number of hydrogen-bond acceptors (Lipinski definition) is 4. The van der Waals surface area contributed by atoms with E-state index in [9.17, 15) is 9.59 Å². The zero-order chi connectivity index (χ0) is 27.0. The van der Waals surface area contributed by atoms with Crippen LogP contribution in [-0.4, -0.2) is 41.7 Å². The van der Waals surface area contributed by atoms with Crippen molar-refractivity contribution in [1.29, 1.82) is 0 Å². The number of carboxylic acids is 2. The van der Waals surface area contributed by atoms with Crippen molar-refractivity contribution < 1.29 is 29.3 Å². The third kappa shape index (κ3) is 20.4. The minimum Gasteiger partial charge on any atom is -0.481 e. The van der Waals surface area contributed by atoms with Crippen molar-refractivity contribution >= 4 is 11.9 Å². The molecule has 0 aliphatic heterocycles. The molecule has 0 spiro atoms. The number of aliphatic carboxylic acids is 2. The van der Waals surface area contributed by atoms with E-state index < -0.39 is 18.2 Å². The Hall–Kier alpha value is -2.36. The number of hydrogen-bond donors (Lipinski definition) is 2. The van der Waals surface area contributed by atoms with Crippen molar-refractivity contribution in [2.45, 2.75) is 122 Å². The van der Waals surface area contributed by atoms with Crippen LogP contribution in [0, 0.1) is 11.8 Å². The first-order valence-corrected chi connectivity index (χ1v) is 14.3. The predicted octanol–water partition coefficient (Wildman–Crippen LogP) is 7.37. The Bertz CT molecular complexity index is 751. The molecule has 0 aliphatic rings. The predicted molar refractivity (Wildman–Crippen MR) is 148 cm³/mol. The number of aryl methyl sites for hydroxylation is 1. The average molecular weight is 517 g/mol. The fraction of sp³-hybridized carbons (Fsp3) is 0.677. The van der Waals surface area contributed by atoms with Gasteiger partial charge in [0.2, 0.25) is 6.29 Å². The molecule has 0 saturated heterocycles. The lowest BCUT2D eigenvalue weighted by Gasteiger charge is -2.13. The van der Waals surface area contributed by atoms with Gasteiger partial charge in [-0.05, 0) is 62.1 Å². The maximum Gasteiger partial charge on any atom is 0.303 e. The van der Waals surface area contributed by atoms with E-state index in [4.69, 9.17) is 19.7 Å². The zero-order valence-corrected chi connectivity index (χ0v) is 22.8. The maximum absolute atomic E-state index is 10.6. The molecule has 1 aromatic carbocycles. The Kier molecular flexibility index (Phi) is 20.1. The summed E-state index contributed by atoms with van der Waals surface area (Å²) in [5, 5.41) is 17.5. The van der Waals surface area contributed by atoms with E-state index in [-0.39, 0.29) is 12.8 Å². The van der Waals surface area contributed by atoms with Gasteiger partial charge in [0, 0.05) is 18.4 Å². The van der Waals surface area contributed by atoms with E-state index in [1.54, 1.807) is 0 Å². The molecule has 37 heavy (non-hydrogen) atoms. The summed E-state index contributed by atoms with van der Waals surface area (Å²) in [6.07, 6.45) is 15.7. The van der Waals surface area contributed by atoms with E-state index >= 15 is 0 Å². The Morgan fingerprint density at radius 1 is 0.703 bits per heavy atom. The van der Waals surface area contributed by atoms with Crippen molar-refractivity contribution in [2.24, 2.45) is 0 Å². The molecular formula is C31H48O6. The van der Waals surface area contributed by atoms with Crippen LogP contribution in [0.5, 0.6) is 0 Å². The van der Waals surface area contributed by atoms with Gasteiger partial charge in [-0.2, -0.15) is 0 Å². The fourth-order valence-corrected chi connectivity index (χ4v) is 3.98. The quantitative estimate of drug-likeness (QED) is 0.0896. The van der Waals surface area contributed by atoms with E-state index in [2.05, 4.69) is 30.9 Å². The van der Waals surface area contributed by atoms with Gasteiger partial charge in [0.25, 0.3) is 0 Å². The molecule has 0 bridgehead atoms. The van der Waals surface area contributed by atoms with Crippen molar-refractivity contribution in [3.8, 4) is 11.8 Å². The standard InChI is InChI=1S/C31H48O6/c1-2-3-4-5-6-7-8-11-16-27-19-21-28(22-20-27)23-24-31(36-25-14-9-12-17-29(32)33)37-26-15-10-13-18-30(34)35/h19-22,31H,2-18,25-26H2,1H3,(H,32,33)(H,34,35). The smallest absolute Gasteiger partial charge is 0.303 e. The molecule has 2 N–H and O–H groups in total. The molecule has 0 saturated carbocycles. The molecule has 0 atom stereocenters. The van der Waals surface area contributed by atoms with Crippen molar-refractivity contribution in [1.82, 2.24) is 0 Å². The summed E-state index contributed by atoms with van der Waals surface area (Å²) in [6.45, 7) is 3.16. The van der Waals surface area contributed by atoms with Crippen LogP contribution in [0.2, 0.25) is 0 Å². The van der Waals surface area contributed by atoms with Gasteiger partial charge >= 0.3 is 11.9 Å². The van der Waals surface area contributed by atoms with Crippen LogP contribution in [0.3, 0.4) is 0 Å². The Labute approximate surface area is 224 Å². The fourth-order valence-electron chi connectivity index (χ4n) is 3.98. The molecule has 6 heteroatoms. The topological polar surface area (TPSA) is 93.1 Å². The minimum absolute atomic E-state index is 0.172. The molecule has 0 heterocycles. The van der Waals surface area contributed by atoms with Crippen molar-refractivity contribution in [2.75, 3.05) is 13.2 Å². The van der Waals surface area contributed by atoms with Gasteiger partial charge in [-0.25, -0.2) is 0 Å². The molecule has 0 radical (unpaired) electrons. The minimum atomic E-state index is -0.778. The first-order chi connectivity index (χ1) is 18.0. The summed E-state index contributed by atoms with van der Waals surface area (Å²) >= 11 is 0. The second-order valence-corrected chi connectivity index (χ2v) is 9.67. The maximum atomic E-state index is 10.6. The number of ether oxygens (including phenoxy) is 2. The number of carboxylic acid groups (broad SMARTS) is 2. The molecule has 1 aromatic rings. The number of carbonyl (C=O) groups is 2. The lowest BCUT2D eigenvalue weighted by molar-refractivity contribution is -0.138. The Balaban J connectivity index is 2.43. The summed E-state index contributed by atoms with van der Waals surface area (Å²) in [5.41, 5.74) is 2.25. The molecule has 1 rings (SSSR count). The first kappa shape index (κ1) is 32.7. The normalized spacial score (nSPS) is 10.9. The van der Waals surface area contributed by atoms with E-state index in [1.165, 1.54) is 56.9 Å². The number of unbranched alkanes of at least 4 members (excludes halogenated alkanes) is 11. The number of benzene rings is 1. The van der Waals surface area contributed by atoms with Crippen molar-refractivity contribution in [3.05, 3.63) is 35.4 Å². The SMILES string of the molecule is CCCCCCCCCCc1ccc(C#CC(OCCCCCC(=O)O)OCCCCCC(=O)O)cc1. The van der Waals surface area contributed by atoms with Crippen LogP contribution in [0.15, 0.2) is 24.3 Å². The van der Waals surface area contributed by atoms with E-state index in [1.807, 2.05) is 12.1 Å². The zero-order valence-electron chi connectivity index (χ0n) is 22.8. The van der Waals surface area contributed by atoms with Gasteiger partial charge in [0.15, 0.2) is 0 Å². The van der Waals surface area contributed by atoms with Gasteiger partial charge in [0.05, 0.1) is 13.2 Å². The monoisotopic (exact) mass is 516 g/mol. The highest BCUT2D eigenvalue weighted by molar-refractivity contribution is 5.66. The van der Waals surface area contributed by atoms with Gasteiger partial charge in [-0.15, -0.1) is 0 Å². The first-order valence-electron chi connectivity index (χ1n) is 14.3. The van der Waals surface area contributed by atoms with Gasteiger partial charge in [-0.1, -0.05) is 82.8 Å². The highest BCUT2D eigenvalue weighted by atomic mass is 16.7. The number of rotatable bonds is 23. The summed E-state index contributed by atoms with van der Waals surface area (Å²) in [4.78, 5) is 21.3. The lowest BCUT2D eigenvalue weighted by atomic mass is 10.0. The second-order valence-electron chi connectivity index (χ2n) is 9.67. The third-order valence-corrected chi connectivity index (χ3v) is 6.22. The third-order valence-electron chi connectivity index (χ3n) is 6.22. The molecule has 0 aromatic heterocycles. The van der Waals surface area contributed by atoms with Crippen LogP contribution < -0.4 is 0 Å². The lowest BCUT2D eigenvalue weighted by Crippen LogP contribution is -2.17. The molecule has 208 valence electrons. The van der Waals surface area contributed by atoms with Gasteiger partial charge in [0.1, 0.15) is 0 Å². The van der Waals surface area contributed by atoms with E-state index in [0.717, 1.165) is 37.7 Å². The Morgan fingerprint density at radius 2 is 1.19 bits per heavy atom. The van der Waals surface area contributed by atoms with Crippen LogP contribution in [0.1, 0.15) is 121 Å². The molecule has 0 unspecified atom stereocenters. The van der Waals surface area contributed by atoms with Gasteiger partial charge in [-0.3, -0.25) is 9.59 Å². The Morgan fingerprint density at radius 3 is 1.70 bits per heavy atom. The van der Waals surface area contributed by atoms with Crippen LogP contribution in [0.4, 0.5) is 0 Å². The summed E-state index contributed by atoms with van der Waals surface area (Å²) in [7, 11) is 0. The average Bonchev–Trinajstić information content (AvgIpc) is 2.88. The molecule has 0 aliphatic carbocycles. The summed E-state index contributed by atoms with van der Waals surface area (Å²) in [6, 6.07) is 8.38. The summed E-state index contributed by atoms with van der Waals surface area (Å²) in [5.74, 6) is 4.67. The highest BCUT2D eigenvalue weighted by Gasteiger charge is 2.07. The summed E-state index contributed by atoms with van der Waals surface area (Å²) < 4.78 is 11.6. The van der Waals surface area contributed by atoms with Gasteiger partial charge < -0.3 is 19.7 Å². The highest BCUT2D eigenvalue weighted by Crippen LogP contribution is 2.12. The molecule has 0 fully saturated rings. The van der Waals surface area contributed by atoms with Crippen LogP contribution in [-0.2, 0) is 25.5 Å². The molecular weight excluding hydrogens is 468 g/mol. The van der Waals surface area contributed by atoms with Crippen molar-refractivity contribution in [3.63, 3.8) is 0 Å². The van der Waals surface area contributed by atoms with E-state index in [0.29, 0.717) is 26.1 Å².